The molecule has 412 valence electrons. The van der Waals surface area contributed by atoms with Crippen LogP contribution in [0.4, 0.5) is 10.3 Å². The molecule has 19 nitrogen and oxygen atoms in total. The molecule has 1 amide bonds. The molecule has 8 N–H and O–H groups in total. The Bertz CT molecular complexity index is 2110. The normalized spacial score (nSPS) is 38.0. The smallest absolute Gasteiger partial charge is 0.311 e. The van der Waals surface area contributed by atoms with Gasteiger partial charge in [-0.25, -0.2) is 14.4 Å². The average molecular weight is 1030 g/mol. The lowest BCUT2D eigenvalue weighted by Crippen LogP contribution is -2.60. The predicted octanol–water partition coefficient (Wildman–Crippen LogP) is 4.91. The molecule has 0 bridgehead atoms. The molecule has 3 saturated heterocycles. The number of aromatic nitrogens is 2. The molecule has 0 radical (unpaired) electrons. The number of carbonyl (C=O) groups excluding carboxylic acids is 2. The number of nitrogens with two attached hydrogens (primary N) is 1. The van der Waals surface area contributed by atoms with E-state index in [1.165, 1.54) is 14.0 Å². The fraction of sp³-hybridized carbons (Fsp3) is 0.755. The summed E-state index contributed by atoms with van der Waals surface area (Å²) >= 11 is 0. The molecule has 73 heavy (non-hydrogen) atoms. The number of esters is 1. The lowest BCUT2D eigenvalue weighted by Gasteiger charge is -2.49. The van der Waals surface area contributed by atoms with Crippen molar-refractivity contribution in [2.75, 3.05) is 40.2 Å². The maximum Gasteiger partial charge on any atom is 0.311 e. The van der Waals surface area contributed by atoms with E-state index >= 15 is 0 Å². The van der Waals surface area contributed by atoms with Gasteiger partial charge >= 0.3 is 5.97 Å². The summed E-state index contributed by atoms with van der Waals surface area (Å²) in [6, 6.07) is 5.47. The second kappa shape index (κ2) is 25.4. The van der Waals surface area contributed by atoms with Gasteiger partial charge in [0.25, 0.3) is 0 Å². The molecular weight excluding hydrogens is 948 g/mol. The van der Waals surface area contributed by atoms with Gasteiger partial charge in [-0.1, -0.05) is 52.0 Å². The van der Waals surface area contributed by atoms with Crippen molar-refractivity contribution >= 4 is 23.5 Å². The van der Waals surface area contributed by atoms with Crippen LogP contribution in [-0.4, -0.2) is 172 Å². The molecule has 19 atom stereocenters. The van der Waals surface area contributed by atoms with Crippen LogP contribution in [0, 0.1) is 29.1 Å². The SMILES string of the molecule is CC[C@H]1OC(=O)[C@H](C)[C@@H](O[C@H]2C[C@@](C)(OC)[C@@H](O)[C@H](C)O2)[C@H](C)[C@@H](O[C@H]2C[C@@H](N(C)CCC(=O)N[C@H](CF)[C@H](O)c3ccc(-c4cnc(N)nc4)cc3)C[C@@H](C)O2)[C@](C)(OC)C[C@@H](C)C(=N)[C@H](C)[C@@H](O)[C@]1(C)O. The molecule has 4 heterocycles. The number of hydrogen-bond acceptors (Lipinski definition) is 18. The van der Waals surface area contributed by atoms with Crippen molar-refractivity contribution in [1.82, 2.24) is 20.2 Å². The second-order valence-electron chi connectivity index (χ2n) is 21.6. The Kier molecular flexibility index (Phi) is 20.9. The minimum Gasteiger partial charge on any atom is -0.459 e. The number of alkyl halides is 1. The van der Waals surface area contributed by atoms with Crippen LogP contribution in [-0.2, 0) is 42.7 Å². The van der Waals surface area contributed by atoms with Crippen LogP contribution in [0.2, 0.25) is 0 Å². The molecule has 20 heteroatoms. The third-order valence-corrected chi connectivity index (χ3v) is 16.0. The lowest BCUT2D eigenvalue weighted by atomic mass is 9.73. The highest BCUT2D eigenvalue weighted by atomic mass is 19.1. The maximum absolute atomic E-state index is 14.5. The molecule has 0 spiro atoms. The highest BCUT2D eigenvalue weighted by molar-refractivity contribution is 5.86. The number of rotatable bonds is 16. The molecule has 0 saturated carbocycles. The number of benzene rings is 1. The summed E-state index contributed by atoms with van der Waals surface area (Å²) in [4.78, 5) is 37.9. The Labute approximate surface area is 430 Å². The van der Waals surface area contributed by atoms with Gasteiger partial charge in [-0.3, -0.25) is 9.59 Å². The largest absolute Gasteiger partial charge is 0.459 e. The number of nitrogens with one attached hydrogen (secondary N) is 2. The van der Waals surface area contributed by atoms with E-state index in [1.807, 2.05) is 39.6 Å². The van der Waals surface area contributed by atoms with Gasteiger partial charge in [0.1, 0.15) is 30.6 Å². The van der Waals surface area contributed by atoms with Gasteiger partial charge in [0.15, 0.2) is 12.6 Å². The van der Waals surface area contributed by atoms with Crippen LogP contribution in [0.1, 0.15) is 119 Å². The minimum absolute atomic E-state index is 0.00769. The fourth-order valence-corrected chi connectivity index (χ4v) is 11.0. The third kappa shape index (κ3) is 14.2. The number of anilines is 1. The number of nitrogens with zero attached hydrogens (tertiary/aromatic N) is 3. The summed E-state index contributed by atoms with van der Waals surface area (Å²) in [7, 11) is 4.94. The van der Waals surface area contributed by atoms with E-state index in [0.29, 0.717) is 30.5 Å². The van der Waals surface area contributed by atoms with Gasteiger partial charge in [-0.05, 0) is 84.9 Å². The Morgan fingerprint density at radius 3 is 2.15 bits per heavy atom. The standard InChI is InChI=1S/C53H85FN6O13/c1-14-39-53(10,66)46(63)30(4)43(55)28(2)23-52(9,68-13)48(31(5)45(32(6)49(65)71-39)72-42-24-51(8,67-12)47(64)33(7)70-42)73-41-22-37(21-29(3)69-41)60(11)20-19-40(61)59-38(25-54)44(62)35-17-15-34(16-18-35)36-26-57-50(56)58-27-36/h15-18,26-33,37-39,41-42,44-48,55,62-64,66H,14,19-25H2,1-13H3,(H,59,61)(H2,56,57,58)/t28-,29-,30+,31+,32-,33+,37+,38-,39-,41+,42+,44-,45+,46-,47+,48-,51-,52-,53-/m1/s1. The number of amides is 1. The van der Waals surface area contributed by atoms with Gasteiger partial charge in [0.2, 0.25) is 11.9 Å². The van der Waals surface area contributed by atoms with Crippen molar-refractivity contribution in [1.29, 1.82) is 5.41 Å². The second-order valence-corrected chi connectivity index (χ2v) is 21.6. The molecule has 3 aliphatic rings. The van der Waals surface area contributed by atoms with Gasteiger partial charge in [-0.15, -0.1) is 0 Å². The Morgan fingerprint density at radius 2 is 1.56 bits per heavy atom. The molecule has 0 unspecified atom stereocenters. The van der Waals surface area contributed by atoms with E-state index in [0.717, 1.165) is 5.56 Å². The topological polar surface area (TPSA) is 271 Å². The van der Waals surface area contributed by atoms with Crippen LogP contribution in [0.15, 0.2) is 36.7 Å². The van der Waals surface area contributed by atoms with Crippen molar-refractivity contribution in [3.63, 3.8) is 0 Å². The monoisotopic (exact) mass is 1030 g/mol. The molecule has 0 aliphatic carbocycles. The highest BCUT2D eigenvalue weighted by Gasteiger charge is 2.53. The first-order valence-electron chi connectivity index (χ1n) is 25.7. The first-order chi connectivity index (χ1) is 34.2. The number of methoxy groups -OCH3 is 2. The molecule has 3 aliphatic heterocycles. The summed E-state index contributed by atoms with van der Waals surface area (Å²) in [5.74, 6) is -4.07. The zero-order valence-electron chi connectivity index (χ0n) is 45.1. The van der Waals surface area contributed by atoms with E-state index in [-0.39, 0.29) is 49.5 Å². The number of halogens is 1. The van der Waals surface area contributed by atoms with Crippen LogP contribution in [0.25, 0.3) is 11.1 Å². The Morgan fingerprint density at radius 1 is 0.932 bits per heavy atom. The van der Waals surface area contributed by atoms with Gasteiger partial charge in [-0.2, -0.15) is 0 Å². The van der Waals surface area contributed by atoms with E-state index in [9.17, 15) is 39.8 Å². The number of cyclic esters (lactones) is 1. The van der Waals surface area contributed by atoms with E-state index in [2.05, 4.69) is 15.3 Å². The summed E-state index contributed by atoms with van der Waals surface area (Å²) in [5, 5.41) is 57.7. The van der Waals surface area contributed by atoms with Gasteiger partial charge in [0, 0.05) is 81.6 Å². The molecule has 1 aromatic heterocycles. The predicted molar refractivity (Wildman–Crippen MR) is 271 cm³/mol. The summed E-state index contributed by atoms with van der Waals surface area (Å²) in [5.41, 5.74) is 3.49. The molecule has 3 fully saturated rings. The first-order valence-corrected chi connectivity index (χ1v) is 25.7. The third-order valence-electron chi connectivity index (χ3n) is 16.0. The lowest BCUT2D eigenvalue weighted by molar-refractivity contribution is -0.309. The van der Waals surface area contributed by atoms with E-state index in [1.54, 1.807) is 78.4 Å². The minimum atomic E-state index is -1.93. The molecule has 5 rings (SSSR count). The number of nitrogen functional groups attached to an aromatic ring is 1. The number of carbonyl (C=O) groups is 2. The molecular formula is C53H85FN6O13. The van der Waals surface area contributed by atoms with Crippen molar-refractivity contribution in [3.8, 4) is 11.1 Å². The van der Waals surface area contributed by atoms with Crippen molar-refractivity contribution in [2.24, 2.45) is 23.7 Å². The van der Waals surface area contributed by atoms with Crippen LogP contribution in [0.5, 0.6) is 0 Å². The molecule has 2 aromatic rings. The van der Waals surface area contributed by atoms with Crippen LogP contribution < -0.4 is 11.1 Å². The van der Waals surface area contributed by atoms with Gasteiger partial charge < -0.3 is 74.9 Å². The number of aliphatic hydroxyl groups excluding tert-OH is 3. The van der Waals surface area contributed by atoms with Crippen LogP contribution in [0.3, 0.4) is 0 Å². The van der Waals surface area contributed by atoms with Crippen molar-refractivity contribution in [2.45, 2.75) is 198 Å². The van der Waals surface area contributed by atoms with Crippen LogP contribution >= 0.6 is 0 Å². The van der Waals surface area contributed by atoms with Crippen molar-refractivity contribution in [3.05, 3.63) is 42.2 Å². The Balaban J connectivity index is 1.39. The summed E-state index contributed by atoms with van der Waals surface area (Å²) in [6.07, 6.45) is -5.05. The first kappa shape index (κ1) is 60.1. The Hall–Kier alpha value is -3.80. The number of hydrogen-bond donors (Lipinski definition) is 7. The fourth-order valence-electron chi connectivity index (χ4n) is 11.0. The highest BCUT2D eigenvalue weighted by Crippen LogP contribution is 2.42. The maximum atomic E-state index is 14.5. The zero-order valence-corrected chi connectivity index (χ0v) is 45.1. The summed E-state index contributed by atoms with van der Waals surface area (Å²) in [6.45, 7) is 16.8. The van der Waals surface area contributed by atoms with E-state index < -0.39 is 120 Å². The molecule has 1 aromatic carbocycles. The quantitative estimate of drug-likeness (QED) is 0.110. The number of ether oxygens (including phenoxy) is 7. The average Bonchev–Trinajstić information content (AvgIpc) is 3.37. The number of aliphatic hydroxyl groups is 4. The zero-order chi connectivity index (χ0) is 54.3. The van der Waals surface area contributed by atoms with Crippen molar-refractivity contribution < 1.29 is 67.6 Å². The summed E-state index contributed by atoms with van der Waals surface area (Å²) < 4.78 is 59.5. The van der Waals surface area contributed by atoms with Gasteiger partial charge in [0.05, 0.1) is 53.7 Å². The van der Waals surface area contributed by atoms with E-state index in [4.69, 9.17) is 38.9 Å².